The van der Waals surface area contributed by atoms with Crippen LogP contribution in [0.4, 0.5) is 0 Å². The second kappa shape index (κ2) is 5.64. The maximum Gasteiger partial charge on any atom is 0.338 e. The maximum absolute atomic E-state index is 11.8. The zero-order chi connectivity index (χ0) is 13.0. The van der Waals surface area contributed by atoms with Gasteiger partial charge in [0, 0.05) is 13.0 Å². The summed E-state index contributed by atoms with van der Waals surface area (Å²) in [6, 6.07) is 8.40. The van der Waals surface area contributed by atoms with Gasteiger partial charge in [0.2, 0.25) is 0 Å². The number of rotatable bonds is 3. The minimum Gasteiger partial charge on any atom is -0.468 e. The number of hydrogen-bond donors (Lipinski definition) is 1. The van der Waals surface area contributed by atoms with Gasteiger partial charge >= 0.3 is 11.9 Å². The Balaban J connectivity index is 1.89. The molecule has 1 saturated heterocycles. The predicted octanol–water partition coefficient (Wildman–Crippen LogP) is 0.747. The van der Waals surface area contributed by atoms with Gasteiger partial charge in [-0.15, -0.1) is 0 Å². The Morgan fingerprint density at radius 1 is 1.28 bits per heavy atom. The van der Waals surface area contributed by atoms with Gasteiger partial charge in [0.1, 0.15) is 12.1 Å². The fourth-order valence-corrected chi connectivity index (χ4v) is 1.91. The number of carbonyl (C=O) groups excluding carboxylic acids is 2. The molecule has 18 heavy (non-hydrogen) atoms. The molecule has 1 aliphatic heterocycles. The molecule has 0 spiro atoms. The van der Waals surface area contributed by atoms with Crippen molar-refractivity contribution in [2.24, 2.45) is 0 Å². The Labute approximate surface area is 105 Å². The summed E-state index contributed by atoms with van der Waals surface area (Å²) in [5, 5.41) is 2.96. The second-order valence-electron chi connectivity index (χ2n) is 4.11. The minimum absolute atomic E-state index is 0.290. The van der Waals surface area contributed by atoms with Gasteiger partial charge in [-0.25, -0.2) is 4.79 Å². The van der Waals surface area contributed by atoms with Gasteiger partial charge in [-0.1, -0.05) is 18.2 Å². The van der Waals surface area contributed by atoms with Crippen LogP contribution < -0.4 is 5.32 Å². The van der Waals surface area contributed by atoms with Crippen molar-refractivity contribution < 1.29 is 19.1 Å². The highest BCUT2D eigenvalue weighted by atomic mass is 16.5. The maximum atomic E-state index is 11.8. The highest BCUT2D eigenvalue weighted by Gasteiger charge is 2.32. The molecule has 0 radical (unpaired) electrons. The zero-order valence-corrected chi connectivity index (χ0v) is 10.1. The van der Waals surface area contributed by atoms with Crippen molar-refractivity contribution in [2.45, 2.75) is 18.6 Å². The van der Waals surface area contributed by atoms with Crippen molar-refractivity contribution in [3.05, 3.63) is 35.9 Å². The van der Waals surface area contributed by atoms with Crippen LogP contribution >= 0.6 is 0 Å². The molecule has 1 aromatic rings. The van der Waals surface area contributed by atoms with E-state index in [1.807, 2.05) is 6.07 Å². The van der Waals surface area contributed by atoms with Crippen LogP contribution in [0.3, 0.4) is 0 Å². The number of ether oxygens (including phenoxy) is 2. The number of hydrogen-bond acceptors (Lipinski definition) is 5. The summed E-state index contributed by atoms with van der Waals surface area (Å²) >= 11 is 0. The molecule has 2 atom stereocenters. The first-order valence-corrected chi connectivity index (χ1v) is 5.78. The van der Waals surface area contributed by atoms with Crippen LogP contribution in [0.2, 0.25) is 0 Å². The molecule has 1 heterocycles. The van der Waals surface area contributed by atoms with Crippen LogP contribution in [0, 0.1) is 0 Å². The Bertz CT molecular complexity index is 432. The van der Waals surface area contributed by atoms with Crippen LogP contribution in [-0.2, 0) is 14.3 Å². The first-order chi connectivity index (χ1) is 8.70. The number of methoxy groups -OCH3 is 1. The molecule has 1 N–H and O–H groups in total. The Morgan fingerprint density at radius 3 is 2.67 bits per heavy atom. The SMILES string of the molecule is COC(=O)C1CC(OC(=O)c2ccccc2)CN1. The van der Waals surface area contributed by atoms with Crippen molar-refractivity contribution in [1.29, 1.82) is 0 Å². The summed E-state index contributed by atoms with van der Waals surface area (Å²) in [5.41, 5.74) is 0.513. The second-order valence-corrected chi connectivity index (χ2v) is 4.11. The third-order valence-corrected chi connectivity index (χ3v) is 2.86. The molecular formula is C13H15NO4. The van der Waals surface area contributed by atoms with Crippen LogP contribution in [-0.4, -0.2) is 37.7 Å². The number of esters is 2. The largest absolute Gasteiger partial charge is 0.468 e. The molecule has 0 amide bonds. The van der Waals surface area contributed by atoms with Crippen molar-refractivity contribution in [2.75, 3.05) is 13.7 Å². The molecule has 2 rings (SSSR count). The smallest absolute Gasteiger partial charge is 0.338 e. The lowest BCUT2D eigenvalue weighted by atomic mass is 10.2. The van der Waals surface area contributed by atoms with E-state index in [4.69, 9.17) is 4.74 Å². The zero-order valence-electron chi connectivity index (χ0n) is 10.1. The highest BCUT2D eigenvalue weighted by molar-refractivity contribution is 5.89. The van der Waals surface area contributed by atoms with E-state index in [2.05, 4.69) is 10.1 Å². The molecule has 2 unspecified atom stereocenters. The first-order valence-electron chi connectivity index (χ1n) is 5.78. The molecule has 0 bridgehead atoms. The van der Waals surface area contributed by atoms with E-state index < -0.39 is 0 Å². The van der Waals surface area contributed by atoms with Crippen LogP contribution in [0.1, 0.15) is 16.8 Å². The topological polar surface area (TPSA) is 64.6 Å². The summed E-state index contributed by atoms with van der Waals surface area (Å²) in [4.78, 5) is 23.1. The van der Waals surface area contributed by atoms with Crippen molar-refractivity contribution in [1.82, 2.24) is 5.32 Å². The standard InChI is InChI=1S/C13H15NO4/c1-17-13(16)11-7-10(8-14-11)18-12(15)9-5-3-2-4-6-9/h2-6,10-11,14H,7-8H2,1H3. The lowest BCUT2D eigenvalue weighted by Gasteiger charge is -2.11. The lowest BCUT2D eigenvalue weighted by molar-refractivity contribution is -0.142. The predicted molar refractivity (Wildman–Crippen MR) is 64.1 cm³/mol. The molecule has 1 fully saturated rings. The molecular weight excluding hydrogens is 234 g/mol. The lowest BCUT2D eigenvalue weighted by Crippen LogP contribution is -2.31. The number of carbonyl (C=O) groups is 2. The van der Waals surface area contributed by atoms with Crippen LogP contribution in [0.25, 0.3) is 0 Å². The average Bonchev–Trinajstić information content (AvgIpc) is 2.87. The average molecular weight is 249 g/mol. The first kappa shape index (κ1) is 12.6. The molecule has 1 aromatic carbocycles. The van der Waals surface area contributed by atoms with Crippen LogP contribution in [0.15, 0.2) is 30.3 Å². The number of nitrogens with one attached hydrogen (secondary N) is 1. The normalized spacial score (nSPS) is 22.5. The van der Waals surface area contributed by atoms with E-state index in [1.165, 1.54) is 7.11 Å². The van der Waals surface area contributed by atoms with Gasteiger partial charge in [0.25, 0.3) is 0 Å². The highest BCUT2D eigenvalue weighted by Crippen LogP contribution is 2.14. The Hall–Kier alpha value is -1.88. The molecule has 1 aliphatic rings. The van der Waals surface area contributed by atoms with E-state index in [0.717, 1.165) is 0 Å². The van der Waals surface area contributed by atoms with E-state index in [9.17, 15) is 9.59 Å². The summed E-state index contributed by atoms with van der Waals surface area (Å²) in [6.45, 7) is 0.471. The van der Waals surface area contributed by atoms with Gasteiger partial charge in [0.05, 0.1) is 12.7 Å². The third kappa shape index (κ3) is 2.87. The van der Waals surface area contributed by atoms with E-state index in [0.29, 0.717) is 18.5 Å². The van der Waals surface area contributed by atoms with Crippen molar-refractivity contribution in [3.8, 4) is 0 Å². The summed E-state index contributed by atoms with van der Waals surface area (Å²) in [5.74, 6) is -0.693. The van der Waals surface area contributed by atoms with Gasteiger partial charge in [0.15, 0.2) is 0 Å². The van der Waals surface area contributed by atoms with Gasteiger partial charge < -0.3 is 14.8 Å². The Kier molecular flexibility index (Phi) is 3.94. The van der Waals surface area contributed by atoms with Gasteiger partial charge in [-0.05, 0) is 12.1 Å². The quantitative estimate of drug-likeness (QED) is 0.801. The third-order valence-electron chi connectivity index (χ3n) is 2.86. The van der Waals surface area contributed by atoms with E-state index >= 15 is 0 Å². The van der Waals surface area contributed by atoms with Crippen LogP contribution in [0.5, 0.6) is 0 Å². The minimum atomic E-state index is -0.386. The molecule has 5 nitrogen and oxygen atoms in total. The summed E-state index contributed by atoms with van der Waals surface area (Å²) < 4.78 is 9.94. The van der Waals surface area contributed by atoms with E-state index in [-0.39, 0.29) is 24.1 Å². The monoisotopic (exact) mass is 249 g/mol. The van der Waals surface area contributed by atoms with Gasteiger partial charge in [-0.2, -0.15) is 0 Å². The molecule has 5 heteroatoms. The fourth-order valence-electron chi connectivity index (χ4n) is 1.91. The molecule has 96 valence electrons. The Morgan fingerprint density at radius 2 is 2.00 bits per heavy atom. The number of benzene rings is 1. The van der Waals surface area contributed by atoms with Gasteiger partial charge in [-0.3, -0.25) is 4.79 Å². The molecule has 0 aromatic heterocycles. The van der Waals surface area contributed by atoms with Crippen molar-refractivity contribution >= 4 is 11.9 Å². The van der Waals surface area contributed by atoms with E-state index in [1.54, 1.807) is 24.3 Å². The summed E-state index contributed by atoms with van der Waals surface area (Å²) in [6.07, 6.45) is 0.160. The summed E-state index contributed by atoms with van der Waals surface area (Å²) in [7, 11) is 1.34. The van der Waals surface area contributed by atoms with Crippen molar-refractivity contribution in [3.63, 3.8) is 0 Å². The fraction of sp³-hybridized carbons (Fsp3) is 0.385. The molecule has 0 aliphatic carbocycles. The molecule has 0 saturated carbocycles.